The summed E-state index contributed by atoms with van der Waals surface area (Å²) in [4.78, 5) is 8.91. The first-order valence-electron chi connectivity index (χ1n) is 12.1. The first-order valence-corrected chi connectivity index (χ1v) is 12.1. The SMILES string of the molecule is c1ccc(-c2ccc(-c3ccc(-c4ccc(-c5ccnc(-c6ccccn6)c5)cc4)cc3)cc2)cc1. The van der Waals surface area contributed by atoms with Crippen molar-refractivity contribution in [2.45, 2.75) is 0 Å². The molecule has 170 valence electrons. The first-order chi connectivity index (χ1) is 17.8. The van der Waals surface area contributed by atoms with E-state index in [-0.39, 0.29) is 0 Å². The first kappa shape index (κ1) is 21.7. The van der Waals surface area contributed by atoms with Gasteiger partial charge in [-0.1, -0.05) is 109 Å². The molecule has 0 aliphatic heterocycles. The molecule has 6 rings (SSSR count). The number of pyridine rings is 2. The Balaban J connectivity index is 1.20. The van der Waals surface area contributed by atoms with E-state index in [2.05, 4.69) is 113 Å². The lowest BCUT2D eigenvalue weighted by molar-refractivity contribution is 1.25. The summed E-state index contributed by atoms with van der Waals surface area (Å²) in [6.45, 7) is 0. The highest BCUT2D eigenvalue weighted by atomic mass is 14.8. The van der Waals surface area contributed by atoms with Gasteiger partial charge in [-0.3, -0.25) is 9.97 Å². The van der Waals surface area contributed by atoms with Crippen molar-refractivity contribution in [2.75, 3.05) is 0 Å². The average molecular weight is 461 g/mol. The molecule has 0 unspecified atom stereocenters. The van der Waals surface area contributed by atoms with Gasteiger partial charge in [-0.25, -0.2) is 0 Å². The van der Waals surface area contributed by atoms with Crippen LogP contribution in [-0.2, 0) is 0 Å². The molecule has 0 bridgehead atoms. The van der Waals surface area contributed by atoms with E-state index in [0.29, 0.717) is 0 Å². The number of hydrogen-bond donors (Lipinski definition) is 0. The van der Waals surface area contributed by atoms with Gasteiger partial charge < -0.3 is 0 Å². The lowest BCUT2D eigenvalue weighted by Gasteiger charge is -2.08. The second kappa shape index (κ2) is 9.81. The molecule has 0 radical (unpaired) electrons. The predicted molar refractivity (Wildman–Crippen MR) is 149 cm³/mol. The molecule has 0 saturated carbocycles. The molecule has 4 aromatic carbocycles. The highest BCUT2D eigenvalue weighted by molar-refractivity contribution is 5.75. The molecule has 6 aromatic rings. The van der Waals surface area contributed by atoms with Gasteiger partial charge in [-0.05, 0) is 68.8 Å². The summed E-state index contributed by atoms with van der Waals surface area (Å²) >= 11 is 0. The molecule has 0 saturated heterocycles. The third-order valence-electron chi connectivity index (χ3n) is 6.45. The lowest BCUT2D eigenvalue weighted by atomic mass is 9.97. The third kappa shape index (κ3) is 4.57. The van der Waals surface area contributed by atoms with Crippen molar-refractivity contribution in [3.8, 4) is 55.9 Å². The molecule has 2 nitrogen and oxygen atoms in total. The zero-order valence-electron chi connectivity index (χ0n) is 19.8. The summed E-state index contributed by atoms with van der Waals surface area (Å²) in [5.74, 6) is 0. The lowest BCUT2D eigenvalue weighted by Crippen LogP contribution is -1.88. The van der Waals surface area contributed by atoms with Crippen LogP contribution in [0.5, 0.6) is 0 Å². The maximum absolute atomic E-state index is 4.49. The highest BCUT2D eigenvalue weighted by Crippen LogP contribution is 2.29. The van der Waals surface area contributed by atoms with E-state index in [1.54, 1.807) is 6.20 Å². The monoisotopic (exact) mass is 460 g/mol. The van der Waals surface area contributed by atoms with Crippen LogP contribution in [0.15, 0.2) is 146 Å². The Bertz CT molecular complexity index is 1570. The van der Waals surface area contributed by atoms with Gasteiger partial charge in [-0.2, -0.15) is 0 Å². The summed E-state index contributed by atoms with van der Waals surface area (Å²) in [7, 11) is 0. The molecule has 2 aromatic heterocycles. The average Bonchev–Trinajstić information content (AvgIpc) is 2.98. The zero-order chi connectivity index (χ0) is 24.2. The van der Waals surface area contributed by atoms with Crippen LogP contribution in [0.25, 0.3) is 55.9 Å². The number of benzene rings is 4. The summed E-state index contributed by atoms with van der Waals surface area (Å²) in [5.41, 5.74) is 11.4. The van der Waals surface area contributed by atoms with Gasteiger partial charge in [0.15, 0.2) is 0 Å². The largest absolute Gasteiger partial charge is 0.255 e. The van der Waals surface area contributed by atoms with Crippen LogP contribution < -0.4 is 0 Å². The fourth-order valence-electron chi connectivity index (χ4n) is 4.46. The van der Waals surface area contributed by atoms with Crippen molar-refractivity contribution >= 4 is 0 Å². The standard InChI is InChI=1S/C34H24N2/c1-2-6-25(7-3-1)26-9-11-27(12-10-26)28-13-15-29(16-14-28)30-17-19-31(20-18-30)32-21-23-36-34(24-32)33-8-4-5-22-35-33/h1-24H. The van der Waals surface area contributed by atoms with Gasteiger partial charge in [0, 0.05) is 12.4 Å². The molecule has 0 aliphatic rings. The van der Waals surface area contributed by atoms with Crippen molar-refractivity contribution < 1.29 is 0 Å². The highest BCUT2D eigenvalue weighted by Gasteiger charge is 2.06. The van der Waals surface area contributed by atoms with Crippen LogP contribution >= 0.6 is 0 Å². The van der Waals surface area contributed by atoms with E-state index in [1.165, 1.54) is 33.4 Å². The fourth-order valence-corrected chi connectivity index (χ4v) is 4.46. The summed E-state index contributed by atoms with van der Waals surface area (Å²) in [5, 5.41) is 0. The normalized spacial score (nSPS) is 10.8. The Morgan fingerprint density at radius 2 is 0.694 bits per heavy atom. The van der Waals surface area contributed by atoms with Gasteiger partial charge in [0.25, 0.3) is 0 Å². The smallest absolute Gasteiger partial charge is 0.0892 e. The molecule has 0 spiro atoms. The van der Waals surface area contributed by atoms with Crippen LogP contribution in [0.3, 0.4) is 0 Å². The van der Waals surface area contributed by atoms with E-state index < -0.39 is 0 Å². The maximum atomic E-state index is 4.49. The Labute approximate surface area is 211 Å². The van der Waals surface area contributed by atoms with Crippen molar-refractivity contribution in [2.24, 2.45) is 0 Å². The Morgan fingerprint density at radius 3 is 1.17 bits per heavy atom. The summed E-state index contributed by atoms with van der Waals surface area (Å²) < 4.78 is 0. The number of nitrogens with zero attached hydrogens (tertiary/aromatic N) is 2. The maximum Gasteiger partial charge on any atom is 0.0892 e. The second-order valence-electron chi connectivity index (χ2n) is 8.74. The molecule has 2 heteroatoms. The third-order valence-corrected chi connectivity index (χ3v) is 6.45. The Morgan fingerprint density at radius 1 is 0.278 bits per heavy atom. The van der Waals surface area contributed by atoms with E-state index in [0.717, 1.165) is 22.5 Å². The van der Waals surface area contributed by atoms with Crippen LogP contribution in [0, 0.1) is 0 Å². The molecule has 36 heavy (non-hydrogen) atoms. The molecule has 0 amide bonds. The Hall–Kier alpha value is -4.82. The zero-order valence-corrected chi connectivity index (χ0v) is 19.8. The molecule has 0 N–H and O–H groups in total. The van der Waals surface area contributed by atoms with E-state index >= 15 is 0 Å². The van der Waals surface area contributed by atoms with Gasteiger partial charge in [0.1, 0.15) is 0 Å². The van der Waals surface area contributed by atoms with Crippen molar-refractivity contribution in [3.05, 3.63) is 146 Å². The van der Waals surface area contributed by atoms with Crippen LogP contribution in [-0.4, -0.2) is 9.97 Å². The van der Waals surface area contributed by atoms with Crippen molar-refractivity contribution in [1.29, 1.82) is 0 Å². The molecule has 0 aliphatic carbocycles. The minimum absolute atomic E-state index is 0.879. The topological polar surface area (TPSA) is 25.8 Å². The predicted octanol–water partition coefficient (Wildman–Crippen LogP) is 8.81. The van der Waals surface area contributed by atoms with Gasteiger partial charge in [-0.15, -0.1) is 0 Å². The van der Waals surface area contributed by atoms with Gasteiger partial charge in [0.05, 0.1) is 11.4 Å². The minimum Gasteiger partial charge on any atom is -0.255 e. The van der Waals surface area contributed by atoms with E-state index in [9.17, 15) is 0 Å². The van der Waals surface area contributed by atoms with E-state index in [4.69, 9.17) is 0 Å². The van der Waals surface area contributed by atoms with Crippen molar-refractivity contribution in [3.63, 3.8) is 0 Å². The van der Waals surface area contributed by atoms with Gasteiger partial charge >= 0.3 is 0 Å². The molecule has 0 atom stereocenters. The summed E-state index contributed by atoms with van der Waals surface area (Å²) in [6.07, 6.45) is 3.64. The summed E-state index contributed by atoms with van der Waals surface area (Å²) in [6, 6.07) is 46.8. The van der Waals surface area contributed by atoms with Crippen LogP contribution in [0.1, 0.15) is 0 Å². The number of rotatable bonds is 5. The van der Waals surface area contributed by atoms with Crippen LogP contribution in [0.2, 0.25) is 0 Å². The van der Waals surface area contributed by atoms with E-state index in [1.807, 2.05) is 36.5 Å². The quantitative estimate of drug-likeness (QED) is 0.257. The molecular weight excluding hydrogens is 436 g/mol. The second-order valence-corrected chi connectivity index (χ2v) is 8.74. The molecular formula is C34H24N2. The Kier molecular flexibility index (Phi) is 5.91. The minimum atomic E-state index is 0.879. The van der Waals surface area contributed by atoms with Crippen molar-refractivity contribution in [1.82, 2.24) is 9.97 Å². The number of hydrogen-bond acceptors (Lipinski definition) is 2. The fraction of sp³-hybridized carbons (Fsp3) is 0. The van der Waals surface area contributed by atoms with Gasteiger partial charge in [0.2, 0.25) is 0 Å². The van der Waals surface area contributed by atoms with Crippen LogP contribution in [0.4, 0.5) is 0 Å². The number of aromatic nitrogens is 2. The molecule has 0 fully saturated rings. The molecule has 2 heterocycles.